The second-order valence-electron chi connectivity index (χ2n) is 13.7. The molecule has 1 aromatic carbocycles. The lowest BCUT2D eigenvalue weighted by Gasteiger charge is -2.41. The molecule has 3 N–H and O–H groups in total. The van der Waals surface area contributed by atoms with E-state index >= 15 is 0 Å². The number of nitrogen functional groups attached to an aromatic ring is 1. The molecular weight excluding hydrogens is 595 g/mol. The number of nitrogens with zero attached hydrogens (tertiary/aromatic N) is 9. The van der Waals surface area contributed by atoms with Crippen molar-refractivity contribution in [1.82, 2.24) is 39.4 Å². The number of anilines is 4. The summed E-state index contributed by atoms with van der Waals surface area (Å²) >= 11 is 1.60. The Labute approximate surface area is 275 Å². The van der Waals surface area contributed by atoms with Gasteiger partial charge in [0.25, 0.3) is 0 Å². The molecule has 46 heavy (non-hydrogen) atoms. The maximum absolute atomic E-state index is 6.44. The van der Waals surface area contributed by atoms with Gasteiger partial charge < -0.3 is 20.9 Å². The van der Waals surface area contributed by atoms with Gasteiger partial charge in [0.1, 0.15) is 0 Å². The molecule has 5 heterocycles. The van der Waals surface area contributed by atoms with Crippen LogP contribution in [0.25, 0.3) is 22.1 Å². The van der Waals surface area contributed by atoms with E-state index in [1.807, 2.05) is 6.08 Å². The maximum atomic E-state index is 6.44. The van der Waals surface area contributed by atoms with Crippen molar-refractivity contribution in [3.8, 4) is 5.82 Å². The molecule has 3 aromatic heterocycles. The Morgan fingerprint density at radius 1 is 0.957 bits per heavy atom. The van der Waals surface area contributed by atoms with Crippen LogP contribution in [0.2, 0.25) is 0 Å². The average molecular weight is 640 g/mol. The molecule has 2 aliphatic heterocycles. The van der Waals surface area contributed by atoms with E-state index in [4.69, 9.17) is 20.8 Å². The Hall–Kier alpha value is -3.58. The smallest absolute Gasteiger partial charge is 0.248 e. The number of benzene rings is 1. The number of hydrogen-bond donors (Lipinski definition) is 2. The van der Waals surface area contributed by atoms with Crippen molar-refractivity contribution in [1.29, 1.82) is 0 Å². The molecule has 2 saturated heterocycles. The molecule has 242 valence electrons. The quantitative estimate of drug-likeness (QED) is 0.287. The Morgan fingerprint density at radius 2 is 1.76 bits per heavy atom. The van der Waals surface area contributed by atoms with Crippen LogP contribution in [-0.4, -0.2) is 111 Å². The highest BCUT2D eigenvalue weighted by Gasteiger charge is 2.42. The van der Waals surface area contributed by atoms with Crippen LogP contribution in [0, 0.1) is 18.8 Å². The molecule has 0 spiro atoms. The van der Waals surface area contributed by atoms with E-state index in [1.165, 1.54) is 44.5 Å². The summed E-state index contributed by atoms with van der Waals surface area (Å²) < 4.78 is 2.58. The van der Waals surface area contributed by atoms with E-state index in [9.17, 15) is 0 Å². The monoisotopic (exact) mass is 639 g/mol. The van der Waals surface area contributed by atoms with Crippen molar-refractivity contribution in [2.24, 2.45) is 11.8 Å². The molecular formula is C34H45N11S. The standard InChI is InChI=1S/C34H45N11S/c1-23-22-46-31-30(23)37-29(4-3-11-42-14-12-41(2)13-15-42)38-32(31)45-33(35)39-34(40-45)36-26-7-9-27(10-8-26)43-16-18-44(19-17-43)28-21-24-5-6-25(28)20-24/h3-4,7-10,22,24-25,28H,5-6,11-21H2,1-2H3,(H3,35,36,39,40)/t24?,25?,28-/m0/s1. The number of rotatable bonds is 8. The van der Waals surface area contributed by atoms with E-state index in [0.717, 1.165) is 85.2 Å². The summed E-state index contributed by atoms with van der Waals surface area (Å²) in [5.41, 5.74) is 10.7. The van der Waals surface area contributed by atoms with Crippen molar-refractivity contribution in [2.45, 2.75) is 38.6 Å². The molecule has 8 rings (SSSR count). The van der Waals surface area contributed by atoms with Gasteiger partial charge in [-0.1, -0.05) is 12.5 Å². The molecule has 4 aromatic rings. The summed E-state index contributed by atoms with van der Waals surface area (Å²) in [7, 11) is 2.18. The summed E-state index contributed by atoms with van der Waals surface area (Å²) in [5, 5.41) is 10.2. The van der Waals surface area contributed by atoms with E-state index in [-0.39, 0.29) is 5.95 Å². The van der Waals surface area contributed by atoms with Crippen LogP contribution < -0.4 is 16.0 Å². The van der Waals surface area contributed by atoms with Crippen molar-refractivity contribution in [2.75, 3.05) is 81.9 Å². The van der Waals surface area contributed by atoms with Gasteiger partial charge in [0.15, 0.2) is 11.6 Å². The molecule has 2 bridgehead atoms. The number of likely N-dealkylation sites (N-methyl/N-ethyl adjacent to an activating group) is 1. The van der Waals surface area contributed by atoms with E-state index < -0.39 is 0 Å². The zero-order valence-electron chi connectivity index (χ0n) is 27.0. The lowest BCUT2D eigenvalue weighted by atomic mass is 9.93. The first-order chi connectivity index (χ1) is 22.5. The summed E-state index contributed by atoms with van der Waals surface area (Å²) in [4.78, 5) is 24.4. The van der Waals surface area contributed by atoms with E-state index in [0.29, 0.717) is 17.6 Å². The van der Waals surface area contributed by atoms with Crippen LogP contribution in [0.5, 0.6) is 0 Å². The van der Waals surface area contributed by atoms with Gasteiger partial charge in [0.2, 0.25) is 11.9 Å². The van der Waals surface area contributed by atoms with Crippen LogP contribution in [0.15, 0.2) is 35.7 Å². The van der Waals surface area contributed by atoms with Crippen molar-refractivity contribution >= 4 is 50.9 Å². The molecule has 2 unspecified atom stereocenters. The van der Waals surface area contributed by atoms with Gasteiger partial charge in [0.05, 0.1) is 10.2 Å². The van der Waals surface area contributed by atoms with Gasteiger partial charge in [-0.3, -0.25) is 9.80 Å². The van der Waals surface area contributed by atoms with Crippen LogP contribution >= 0.6 is 11.3 Å². The number of nitrogens with one attached hydrogen (secondary N) is 1. The molecule has 3 atom stereocenters. The van der Waals surface area contributed by atoms with Gasteiger partial charge in [-0.25, -0.2) is 9.97 Å². The minimum absolute atomic E-state index is 0.283. The highest BCUT2D eigenvalue weighted by atomic mass is 32.1. The minimum Gasteiger partial charge on any atom is -0.369 e. The zero-order chi connectivity index (χ0) is 31.2. The van der Waals surface area contributed by atoms with Gasteiger partial charge in [-0.05, 0) is 86.4 Å². The molecule has 2 aliphatic carbocycles. The fraction of sp³-hybridized carbons (Fsp3) is 0.529. The van der Waals surface area contributed by atoms with Gasteiger partial charge in [-0.2, -0.15) is 9.67 Å². The predicted molar refractivity (Wildman–Crippen MR) is 187 cm³/mol. The van der Waals surface area contributed by atoms with E-state index in [2.05, 4.69) is 79.6 Å². The largest absolute Gasteiger partial charge is 0.369 e. The first-order valence-electron chi connectivity index (χ1n) is 16.9. The number of hydrogen-bond acceptors (Lipinski definition) is 11. The first kappa shape index (κ1) is 29.8. The molecule has 11 nitrogen and oxygen atoms in total. The summed E-state index contributed by atoms with van der Waals surface area (Å²) in [6.07, 6.45) is 9.99. The third-order valence-electron chi connectivity index (χ3n) is 10.6. The van der Waals surface area contributed by atoms with Crippen LogP contribution in [0.4, 0.5) is 23.3 Å². The molecule has 4 aliphatic rings. The Kier molecular flexibility index (Phi) is 8.13. The minimum atomic E-state index is 0.283. The topological polar surface area (TPSA) is 108 Å². The number of aromatic nitrogens is 5. The number of nitrogens with two attached hydrogens (primary N) is 1. The second kappa shape index (κ2) is 12.6. The third kappa shape index (κ3) is 5.99. The van der Waals surface area contributed by atoms with Gasteiger partial charge >= 0.3 is 0 Å². The van der Waals surface area contributed by atoms with Crippen LogP contribution in [-0.2, 0) is 0 Å². The molecule has 4 fully saturated rings. The van der Waals surface area contributed by atoms with Crippen LogP contribution in [0.3, 0.4) is 0 Å². The zero-order valence-corrected chi connectivity index (χ0v) is 27.8. The van der Waals surface area contributed by atoms with Crippen molar-refractivity contribution in [3.63, 3.8) is 0 Å². The molecule has 0 radical (unpaired) electrons. The normalized spacial score (nSPS) is 24.6. The number of thiophene rings is 1. The third-order valence-corrected chi connectivity index (χ3v) is 11.7. The van der Waals surface area contributed by atoms with Crippen molar-refractivity contribution < 1.29 is 0 Å². The Morgan fingerprint density at radius 3 is 2.50 bits per heavy atom. The van der Waals surface area contributed by atoms with E-state index in [1.54, 1.807) is 16.0 Å². The number of piperazine rings is 2. The van der Waals surface area contributed by atoms with Gasteiger partial charge in [0, 0.05) is 76.3 Å². The van der Waals surface area contributed by atoms with Gasteiger partial charge in [-0.15, -0.1) is 16.4 Å². The maximum Gasteiger partial charge on any atom is 0.248 e. The molecule has 2 saturated carbocycles. The summed E-state index contributed by atoms with van der Waals surface area (Å²) in [6, 6.07) is 9.43. The number of aryl methyl sites for hydroxylation is 1. The fourth-order valence-corrected chi connectivity index (χ4v) is 8.94. The highest BCUT2D eigenvalue weighted by Crippen LogP contribution is 2.46. The highest BCUT2D eigenvalue weighted by molar-refractivity contribution is 7.17. The fourth-order valence-electron chi connectivity index (χ4n) is 7.98. The Balaban J connectivity index is 0.939. The second-order valence-corrected chi connectivity index (χ2v) is 14.5. The SMILES string of the molecule is Cc1csc2c(-n3nc(Nc4ccc(N5CCN([C@H]6CC7CCC6C7)CC5)cc4)nc3N)nc(C=CCN3CCN(C)CC3)nc12. The Bertz CT molecular complexity index is 1700. The average Bonchev–Trinajstić information content (AvgIpc) is 3.88. The first-order valence-corrected chi connectivity index (χ1v) is 17.8. The molecule has 12 heteroatoms. The molecule has 0 amide bonds. The predicted octanol–water partition coefficient (Wildman–Crippen LogP) is 4.48. The van der Waals surface area contributed by atoms with Crippen molar-refractivity contribution in [3.05, 3.63) is 47.1 Å². The lowest BCUT2D eigenvalue weighted by molar-refractivity contribution is 0.135. The summed E-state index contributed by atoms with van der Waals surface area (Å²) in [6.45, 7) is 11.8. The summed E-state index contributed by atoms with van der Waals surface area (Å²) in [5.74, 6) is 3.99. The lowest BCUT2D eigenvalue weighted by Crippen LogP contribution is -2.51. The number of fused-ring (bicyclic) bond motifs is 3. The van der Waals surface area contributed by atoms with Crippen LogP contribution in [0.1, 0.15) is 37.1 Å².